The molecule has 3 aliphatic rings. The standard InChI is InChI=1S/C25H34O9/c1-15-18(26)12-13-19(30-15)32-22-21-20(33-24(3,27-5)25(4,28-6)34-21)16(2)31-23(22)29-14-17-10-8-7-9-11-17/h7-13,15-16,19-23H,14H2,1-6H3/t15-,16-,19+,20-,21+,22+,23+,24?,25?/m0/s1. The summed E-state index contributed by atoms with van der Waals surface area (Å²) in [6.45, 7) is 7.39. The summed E-state index contributed by atoms with van der Waals surface area (Å²) in [5.41, 5.74) is 0.988. The monoisotopic (exact) mass is 478 g/mol. The van der Waals surface area contributed by atoms with Gasteiger partial charge >= 0.3 is 0 Å². The Kier molecular flexibility index (Phi) is 7.56. The number of hydrogen-bond acceptors (Lipinski definition) is 9. The Morgan fingerprint density at radius 2 is 1.59 bits per heavy atom. The molecule has 0 aromatic heterocycles. The zero-order valence-corrected chi connectivity index (χ0v) is 20.5. The predicted octanol–water partition coefficient (Wildman–Crippen LogP) is 2.71. The Bertz CT molecular complexity index is 876. The van der Waals surface area contributed by atoms with Gasteiger partial charge in [0, 0.05) is 14.2 Å². The fourth-order valence-electron chi connectivity index (χ4n) is 4.36. The quantitative estimate of drug-likeness (QED) is 0.587. The number of methoxy groups -OCH3 is 2. The van der Waals surface area contributed by atoms with E-state index in [0.29, 0.717) is 6.61 Å². The first-order valence-electron chi connectivity index (χ1n) is 11.5. The molecule has 0 N–H and O–H groups in total. The molecule has 0 radical (unpaired) electrons. The number of carbonyl (C=O) groups excluding carboxylic acids is 1. The molecule has 0 aliphatic carbocycles. The Balaban J connectivity index is 1.61. The Labute approximate surface area is 200 Å². The maximum atomic E-state index is 11.9. The van der Waals surface area contributed by atoms with E-state index in [0.717, 1.165) is 5.56 Å². The molecule has 188 valence electrons. The number of hydrogen-bond donors (Lipinski definition) is 0. The number of ketones is 1. The van der Waals surface area contributed by atoms with Crippen LogP contribution < -0.4 is 0 Å². The molecule has 0 bridgehead atoms. The number of benzene rings is 1. The van der Waals surface area contributed by atoms with Crippen molar-refractivity contribution in [2.75, 3.05) is 14.2 Å². The summed E-state index contributed by atoms with van der Waals surface area (Å²) in [6, 6.07) is 9.77. The van der Waals surface area contributed by atoms with Gasteiger partial charge in [0.15, 0.2) is 18.4 Å². The van der Waals surface area contributed by atoms with Crippen molar-refractivity contribution in [3.8, 4) is 0 Å². The van der Waals surface area contributed by atoms with Gasteiger partial charge in [-0.1, -0.05) is 30.3 Å². The maximum absolute atomic E-state index is 11.9. The summed E-state index contributed by atoms with van der Waals surface area (Å²) in [7, 11) is 3.07. The molecule has 2 unspecified atom stereocenters. The predicted molar refractivity (Wildman–Crippen MR) is 119 cm³/mol. The molecule has 0 spiro atoms. The molecule has 2 fully saturated rings. The Hall–Kier alpha value is -1.69. The second kappa shape index (κ2) is 10.1. The van der Waals surface area contributed by atoms with Crippen molar-refractivity contribution in [1.29, 1.82) is 0 Å². The lowest BCUT2D eigenvalue weighted by molar-refractivity contribution is -0.482. The van der Waals surface area contributed by atoms with Crippen LogP contribution in [0, 0.1) is 0 Å². The van der Waals surface area contributed by atoms with Crippen molar-refractivity contribution in [3.05, 3.63) is 48.0 Å². The average molecular weight is 479 g/mol. The third-order valence-electron chi connectivity index (χ3n) is 6.76. The normalized spacial score (nSPS) is 42.4. The van der Waals surface area contributed by atoms with Crippen LogP contribution in [-0.4, -0.2) is 74.7 Å². The van der Waals surface area contributed by atoms with E-state index in [9.17, 15) is 4.79 Å². The molecule has 0 amide bonds. The van der Waals surface area contributed by atoms with Crippen LogP contribution in [0.3, 0.4) is 0 Å². The van der Waals surface area contributed by atoms with Crippen molar-refractivity contribution in [2.45, 2.75) is 89.0 Å². The smallest absolute Gasteiger partial charge is 0.220 e. The van der Waals surface area contributed by atoms with Gasteiger partial charge in [0.2, 0.25) is 11.6 Å². The summed E-state index contributed by atoms with van der Waals surface area (Å²) in [4.78, 5) is 11.9. The van der Waals surface area contributed by atoms with E-state index in [2.05, 4.69) is 0 Å². The SMILES string of the molecule is COC1(C)O[C@@H]2[C@@H](OC1(C)OC)[C@H](C)O[C@@H](OCc1ccccc1)[C@@H]2O[C@@H]1C=CC(=O)[C@H](C)O1. The van der Waals surface area contributed by atoms with E-state index in [1.165, 1.54) is 20.3 Å². The van der Waals surface area contributed by atoms with Crippen LogP contribution >= 0.6 is 0 Å². The number of rotatable bonds is 7. The molecule has 9 atom stereocenters. The van der Waals surface area contributed by atoms with Gasteiger partial charge in [-0.05, 0) is 45.4 Å². The molecule has 3 heterocycles. The van der Waals surface area contributed by atoms with Crippen LogP contribution in [0.1, 0.15) is 33.3 Å². The zero-order valence-electron chi connectivity index (χ0n) is 20.5. The Morgan fingerprint density at radius 1 is 0.941 bits per heavy atom. The molecule has 1 aromatic rings. The van der Waals surface area contributed by atoms with Crippen molar-refractivity contribution in [1.82, 2.24) is 0 Å². The van der Waals surface area contributed by atoms with Crippen molar-refractivity contribution >= 4 is 5.78 Å². The van der Waals surface area contributed by atoms with Gasteiger partial charge in [-0.15, -0.1) is 0 Å². The second-order valence-corrected chi connectivity index (χ2v) is 8.98. The Morgan fingerprint density at radius 3 is 2.21 bits per heavy atom. The average Bonchev–Trinajstić information content (AvgIpc) is 2.84. The molecule has 34 heavy (non-hydrogen) atoms. The summed E-state index contributed by atoms with van der Waals surface area (Å²) < 4.78 is 48.6. The van der Waals surface area contributed by atoms with Crippen LogP contribution in [0.2, 0.25) is 0 Å². The summed E-state index contributed by atoms with van der Waals surface area (Å²) >= 11 is 0. The van der Waals surface area contributed by atoms with E-state index >= 15 is 0 Å². The van der Waals surface area contributed by atoms with Gasteiger partial charge in [-0.25, -0.2) is 0 Å². The van der Waals surface area contributed by atoms with Gasteiger partial charge in [0.1, 0.15) is 24.4 Å². The summed E-state index contributed by atoms with van der Waals surface area (Å²) in [5.74, 6) is -2.55. The first kappa shape index (κ1) is 25.4. The van der Waals surface area contributed by atoms with Crippen molar-refractivity contribution < 1.29 is 42.7 Å². The summed E-state index contributed by atoms with van der Waals surface area (Å²) in [6.07, 6.45) is -1.50. The lowest BCUT2D eigenvalue weighted by Crippen LogP contribution is -2.72. The van der Waals surface area contributed by atoms with Gasteiger partial charge in [0.25, 0.3) is 0 Å². The number of fused-ring (bicyclic) bond motifs is 1. The van der Waals surface area contributed by atoms with Gasteiger partial charge in [0.05, 0.1) is 12.7 Å². The molecule has 3 aliphatic heterocycles. The molecule has 2 saturated heterocycles. The van der Waals surface area contributed by atoms with Gasteiger partial charge < -0.3 is 37.9 Å². The van der Waals surface area contributed by atoms with Crippen LogP contribution in [0.25, 0.3) is 0 Å². The topological polar surface area (TPSA) is 90.9 Å². The fourth-order valence-corrected chi connectivity index (χ4v) is 4.36. The third-order valence-corrected chi connectivity index (χ3v) is 6.76. The van der Waals surface area contributed by atoms with Crippen LogP contribution in [0.15, 0.2) is 42.5 Å². The van der Waals surface area contributed by atoms with Crippen LogP contribution in [0.5, 0.6) is 0 Å². The molecular formula is C25H34O9. The third kappa shape index (κ3) is 4.84. The van der Waals surface area contributed by atoms with Crippen molar-refractivity contribution in [2.24, 2.45) is 0 Å². The van der Waals surface area contributed by atoms with Gasteiger partial charge in [-0.2, -0.15) is 0 Å². The lowest BCUT2D eigenvalue weighted by Gasteiger charge is -2.57. The van der Waals surface area contributed by atoms with Gasteiger partial charge in [-0.3, -0.25) is 4.79 Å². The van der Waals surface area contributed by atoms with Crippen LogP contribution in [-0.2, 0) is 49.3 Å². The highest BCUT2D eigenvalue weighted by atomic mass is 16.8. The van der Waals surface area contributed by atoms with E-state index in [1.54, 1.807) is 26.8 Å². The number of ether oxygens (including phenoxy) is 8. The summed E-state index contributed by atoms with van der Waals surface area (Å²) in [5, 5.41) is 0. The zero-order chi connectivity index (χ0) is 24.5. The molecular weight excluding hydrogens is 444 g/mol. The second-order valence-electron chi connectivity index (χ2n) is 8.98. The minimum absolute atomic E-state index is 0.122. The van der Waals surface area contributed by atoms with E-state index in [1.807, 2.05) is 37.3 Å². The van der Waals surface area contributed by atoms with E-state index in [-0.39, 0.29) is 5.78 Å². The minimum atomic E-state index is -1.24. The molecule has 9 nitrogen and oxygen atoms in total. The molecule has 1 aromatic carbocycles. The van der Waals surface area contributed by atoms with Crippen LogP contribution in [0.4, 0.5) is 0 Å². The van der Waals surface area contributed by atoms with E-state index in [4.69, 9.17) is 37.9 Å². The maximum Gasteiger partial charge on any atom is 0.220 e. The molecule has 4 rings (SSSR count). The highest BCUT2D eigenvalue weighted by Gasteiger charge is 2.62. The molecule has 9 heteroatoms. The number of carbonyl (C=O) groups is 1. The van der Waals surface area contributed by atoms with Crippen molar-refractivity contribution in [3.63, 3.8) is 0 Å². The van der Waals surface area contributed by atoms with E-state index < -0.39 is 54.7 Å². The molecule has 0 saturated carbocycles. The highest BCUT2D eigenvalue weighted by Crippen LogP contribution is 2.44. The minimum Gasteiger partial charge on any atom is -0.349 e. The lowest BCUT2D eigenvalue weighted by atomic mass is 9.94. The first-order chi connectivity index (χ1) is 16.2. The highest BCUT2D eigenvalue weighted by molar-refractivity contribution is 5.93. The largest absolute Gasteiger partial charge is 0.349 e. The first-order valence-corrected chi connectivity index (χ1v) is 11.5. The fraction of sp³-hybridized carbons (Fsp3) is 0.640.